The van der Waals surface area contributed by atoms with E-state index < -0.39 is 0 Å². The summed E-state index contributed by atoms with van der Waals surface area (Å²) < 4.78 is 0. The van der Waals surface area contributed by atoms with Crippen LogP contribution in [0.25, 0.3) is 6.08 Å². The fourth-order valence-electron chi connectivity index (χ4n) is 1.90. The second kappa shape index (κ2) is 4.26. The van der Waals surface area contributed by atoms with Crippen LogP contribution in [0.2, 0.25) is 0 Å². The molecule has 3 nitrogen and oxygen atoms in total. The summed E-state index contributed by atoms with van der Waals surface area (Å²) in [5.41, 5.74) is 2.69. The number of nitrogens with zero attached hydrogens (tertiary/aromatic N) is 1. The van der Waals surface area contributed by atoms with E-state index in [4.69, 9.17) is 0 Å². The molecule has 0 atom stereocenters. The molecule has 0 amide bonds. The zero-order valence-corrected chi connectivity index (χ0v) is 8.48. The summed E-state index contributed by atoms with van der Waals surface area (Å²) in [6.45, 7) is 0. The molecule has 1 aromatic carbocycles. The molecule has 0 saturated heterocycles. The van der Waals surface area contributed by atoms with Crippen molar-refractivity contribution in [3.8, 4) is 0 Å². The number of non-ortho nitro benzene ring substituents is 1. The van der Waals surface area contributed by atoms with Crippen LogP contribution in [0.15, 0.2) is 29.8 Å². The Morgan fingerprint density at radius 3 is 2.27 bits per heavy atom. The van der Waals surface area contributed by atoms with Gasteiger partial charge in [0, 0.05) is 12.1 Å². The van der Waals surface area contributed by atoms with Gasteiger partial charge >= 0.3 is 0 Å². The minimum Gasteiger partial charge on any atom is -0.258 e. The normalized spacial score (nSPS) is 15.3. The highest BCUT2D eigenvalue weighted by molar-refractivity contribution is 5.55. The molecule has 3 heteroatoms. The minimum atomic E-state index is -0.369. The predicted molar refractivity (Wildman–Crippen MR) is 59.5 cm³/mol. The lowest BCUT2D eigenvalue weighted by Crippen LogP contribution is -1.86. The zero-order chi connectivity index (χ0) is 10.7. The molecule has 15 heavy (non-hydrogen) atoms. The van der Waals surface area contributed by atoms with Crippen molar-refractivity contribution in [1.29, 1.82) is 0 Å². The summed E-state index contributed by atoms with van der Waals surface area (Å²) >= 11 is 0. The van der Waals surface area contributed by atoms with E-state index in [1.807, 2.05) is 12.1 Å². The third kappa shape index (κ3) is 2.43. The third-order valence-corrected chi connectivity index (χ3v) is 2.72. The van der Waals surface area contributed by atoms with Gasteiger partial charge in [-0.3, -0.25) is 10.1 Å². The monoisotopic (exact) mass is 203 g/mol. The number of benzene rings is 1. The van der Waals surface area contributed by atoms with Gasteiger partial charge in [0.2, 0.25) is 0 Å². The Bertz CT molecular complexity index is 385. The zero-order valence-electron chi connectivity index (χ0n) is 8.48. The fraction of sp³-hybridized carbons (Fsp3) is 0.333. The van der Waals surface area contributed by atoms with E-state index in [1.165, 1.54) is 31.3 Å². The van der Waals surface area contributed by atoms with Crippen molar-refractivity contribution < 1.29 is 4.92 Å². The molecular weight excluding hydrogens is 190 g/mol. The largest absolute Gasteiger partial charge is 0.269 e. The Hall–Kier alpha value is -1.64. The van der Waals surface area contributed by atoms with Crippen molar-refractivity contribution in [2.45, 2.75) is 25.7 Å². The van der Waals surface area contributed by atoms with Crippen LogP contribution in [0.1, 0.15) is 31.2 Å². The van der Waals surface area contributed by atoms with E-state index in [9.17, 15) is 10.1 Å². The Morgan fingerprint density at radius 1 is 1.13 bits per heavy atom. The number of hydrogen-bond donors (Lipinski definition) is 0. The molecule has 1 aliphatic rings. The van der Waals surface area contributed by atoms with Gasteiger partial charge in [-0.15, -0.1) is 0 Å². The summed E-state index contributed by atoms with van der Waals surface area (Å²) in [4.78, 5) is 10.1. The van der Waals surface area contributed by atoms with E-state index in [0.717, 1.165) is 5.56 Å². The lowest BCUT2D eigenvalue weighted by Gasteiger charge is -1.97. The molecule has 0 spiro atoms. The summed E-state index contributed by atoms with van der Waals surface area (Å²) in [6, 6.07) is 6.73. The average Bonchev–Trinajstić information content (AvgIpc) is 2.71. The van der Waals surface area contributed by atoms with Crippen molar-refractivity contribution in [2.75, 3.05) is 0 Å². The van der Waals surface area contributed by atoms with Crippen LogP contribution in [0, 0.1) is 10.1 Å². The van der Waals surface area contributed by atoms with Gasteiger partial charge in [0.15, 0.2) is 0 Å². The molecule has 0 unspecified atom stereocenters. The molecule has 0 N–H and O–H groups in total. The van der Waals surface area contributed by atoms with Gasteiger partial charge in [-0.05, 0) is 43.4 Å². The number of nitro benzene ring substituents is 1. The lowest BCUT2D eigenvalue weighted by atomic mass is 10.1. The number of allylic oxidation sites excluding steroid dienone is 1. The number of rotatable bonds is 2. The first kappa shape index (κ1) is 9.90. The Balaban J connectivity index is 2.16. The van der Waals surface area contributed by atoms with Crippen LogP contribution in [0.5, 0.6) is 0 Å². The third-order valence-electron chi connectivity index (χ3n) is 2.72. The first-order chi connectivity index (χ1) is 7.25. The van der Waals surface area contributed by atoms with E-state index >= 15 is 0 Å². The van der Waals surface area contributed by atoms with E-state index in [-0.39, 0.29) is 10.6 Å². The SMILES string of the molecule is O=[N+]([O-])c1ccc(C=C2CCCC2)cc1. The van der Waals surface area contributed by atoms with Gasteiger partial charge in [-0.25, -0.2) is 0 Å². The molecule has 0 aliphatic heterocycles. The number of hydrogen-bond acceptors (Lipinski definition) is 2. The van der Waals surface area contributed by atoms with Gasteiger partial charge in [0.05, 0.1) is 4.92 Å². The highest BCUT2D eigenvalue weighted by Gasteiger charge is 2.07. The fourth-order valence-corrected chi connectivity index (χ4v) is 1.90. The Kier molecular flexibility index (Phi) is 2.81. The highest BCUT2D eigenvalue weighted by atomic mass is 16.6. The van der Waals surface area contributed by atoms with Gasteiger partial charge in [0.1, 0.15) is 0 Å². The smallest absolute Gasteiger partial charge is 0.258 e. The summed E-state index contributed by atoms with van der Waals surface area (Å²) in [7, 11) is 0. The molecular formula is C12H13NO2. The van der Waals surface area contributed by atoms with Gasteiger partial charge in [0.25, 0.3) is 5.69 Å². The van der Waals surface area contributed by atoms with Crippen LogP contribution in [-0.2, 0) is 0 Å². The maximum absolute atomic E-state index is 10.4. The Morgan fingerprint density at radius 2 is 1.73 bits per heavy atom. The molecule has 1 aromatic rings. The molecule has 1 aliphatic carbocycles. The van der Waals surface area contributed by atoms with Gasteiger partial charge in [-0.2, -0.15) is 0 Å². The Labute approximate surface area is 88.6 Å². The molecule has 2 rings (SSSR count). The molecule has 1 fully saturated rings. The maximum Gasteiger partial charge on any atom is 0.269 e. The molecule has 1 saturated carbocycles. The lowest BCUT2D eigenvalue weighted by molar-refractivity contribution is -0.384. The topological polar surface area (TPSA) is 43.1 Å². The van der Waals surface area contributed by atoms with Crippen LogP contribution < -0.4 is 0 Å². The molecule has 0 aromatic heterocycles. The minimum absolute atomic E-state index is 0.156. The standard InChI is InChI=1S/C12H13NO2/c14-13(15)12-7-5-11(6-8-12)9-10-3-1-2-4-10/h5-9H,1-4H2. The summed E-state index contributed by atoms with van der Waals surface area (Å²) in [5, 5.41) is 10.4. The quantitative estimate of drug-likeness (QED) is 0.545. The number of nitro groups is 1. The summed E-state index contributed by atoms with van der Waals surface area (Å²) in [5.74, 6) is 0. The molecule has 0 heterocycles. The van der Waals surface area contributed by atoms with Crippen molar-refractivity contribution in [2.24, 2.45) is 0 Å². The molecule has 0 radical (unpaired) electrons. The van der Waals surface area contributed by atoms with Crippen molar-refractivity contribution in [3.05, 3.63) is 45.5 Å². The van der Waals surface area contributed by atoms with Crippen molar-refractivity contribution in [1.82, 2.24) is 0 Å². The van der Waals surface area contributed by atoms with Crippen molar-refractivity contribution in [3.63, 3.8) is 0 Å². The van der Waals surface area contributed by atoms with Crippen LogP contribution in [0.4, 0.5) is 5.69 Å². The van der Waals surface area contributed by atoms with E-state index in [0.29, 0.717) is 0 Å². The molecule has 78 valence electrons. The predicted octanol–water partition coefficient (Wildman–Crippen LogP) is 3.55. The van der Waals surface area contributed by atoms with Gasteiger partial charge < -0.3 is 0 Å². The second-order valence-electron chi connectivity index (χ2n) is 3.86. The van der Waals surface area contributed by atoms with Crippen LogP contribution in [0.3, 0.4) is 0 Å². The van der Waals surface area contributed by atoms with Crippen LogP contribution in [-0.4, -0.2) is 4.92 Å². The van der Waals surface area contributed by atoms with E-state index in [1.54, 1.807) is 12.1 Å². The highest BCUT2D eigenvalue weighted by Crippen LogP contribution is 2.26. The van der Waals surface area contributed by atoms with Crippen molar-refractivity contribution >= 4 is 11.8 Å². The summed E-state index contributed by atoms with van der Waals surface area (Å²) in [6.07, 6.45) is 7.06. The maximum atomic E-state index is 10.4. The average molecular weight is 203 g/mol. The molecule has 0 bridgehead atoms. The first-order valence-corrected chi connectivity index (χ1v) is 5.19. The van der Waals surface area contributed by atoms with Gasteiger partial charge in [-0.1, -0.05) is 11.6 Å². The van der Waals surface area contributed by atoms with Crippen LogP contribution >= 0.6 is 0 Å². The van der Waals surface area contributed by atoms with E-state index in [2.05, 4.69) is 6.08 Å². The first-order valence-electron chi connectivity index (χ1n) is 5.19. The second-order valence-corrected chi connectivity index (χ2v) is 3.86.